The van der Waals surface area contributed by atoms with Gasteiger partial charge in [0.2, 0.25) is 0 Å². The summed E-state index contributed by atoms with van der Waals surface area (Å²) < 4.78 is 24.0. The molecule has 130 valence electrons. The Morgan fingerprint density at radius 1 is 1.33 bits per heavy atom. The summed E-state index contributed by atoms with van der Waals surface area (Å²) in [5, 5.41) is 1.01. The van der Waals surface area contributed by atoms with Crippen molar-refractivity contribution in [3.8, 4) is 0 Å². The zero-order valence-corrected chi connectivity index (χ0v) is 16.1. The summed E-state index contributed by atoms with van der Waals surface area (Å²) in [6.45, 7) is 5.44. The van der Waals surface area contributed by atoms with E-state index in [1.54, 1.807) is 12.1 Å². The van der Waals surface area contributed by atoms with Crippen LogP contribution in [0.3, 0.4) is 0 Å². The van der Waals surface area contributed by atoms with Crippen LogP contribution in [0, 0.1) is 5.41 Å². The molecular weight excluding hydrogens is 368 g/mol. The van der Waals surface area contributed by atoms with Gasteiger partial charge < -0.3 is 4.90 Å². The number of benzene rings is 1. The molecule has 8 heteroatoms. The molecule has 0 unspecified atom stereocenters. The lowest BCUT2D eigenvalue weighted by Gasteiger charge is -2.25. The average molecular weight is 387 g/mol. The van der Waals surface area contributed by atoms with Crippen LogP contribution in [-0.2, 0) is 14.6 Å². The zero-order valence-electron chi connectivity index (χ0n) is 13.7. The van der Waals surface area contributed by atoms with E-state index < -0.39 is 15.3 Å². The van der Waals surface area contributed by atoms with E-state index in [1.807, 2.05) is 37.8 Å². The van der Waals surface area contributed by atoms with Crippen molar-refractivity contribution in [3.63, 3.8) is 0 Å². The first-order valence-corrected chi connectivity index (χ1v) is 10.7. The first-order valence-electron chi connectivity index (χ1n) is 7.62. The van der Waals surface area contributed by atoms with E-state index in [0.29, 0.717) is 10.2 Å². The standard InChI is InChI=1S/C16H19ClN2O3S2/c1-16(2,3)14(20)18-15-19(11-6-4-5-10(17)7-11)12-8-24(21,22)9-13(12)23-15/h4-7,12-13H,8-9H2,1-3H3/t12-,13+/m1/s1. The van der Waals surface area contributed by atoms with Crippen LogP contribution < -0.4 is 4.90 Å². The smallest absolute Gasteiger partial charge is 0.253 e. The highest BCUT2D eigenvalue weighted by atomic mass is 35.5. The lowest BCUT2D eigenvalue weighted by molar-refractivity contribution is -0.124. The molecule has 0 N–H and O–H groups in total. The van der Waals surface area contributed by atoms with Crippen LogP contribution in [0.4, 0.5) is 5.69 Å². The van der Waals surface area contributed by atoms with Crippen LogP contribution >= 0.6 is 23.4 Å². The van der Waals surface area contributed by atoms with Gasteiger partial charge in [-0.2, -0.15) is 4.99 Å². The number of nitrogens with zero attached hydrogens (tertiary/aromatic N) is 2. The molecule has 2 aliphatic rings. The van der Waals surface area contributed by atoms with E-state index in [2.05, 4.69) is 4.99 Å². The number of hydrogen-bond acceptors (Lipinski definition) is 4. The third-order valence-electron chi connectivity index (χ3n) is 3.99. The van der Waals surface area contributed by atoms with Crippen LogP contribution in [0.15, 0.2) is 29.3 Å². The third kappa shape index (κ3) is 3.48. The predicted octanol–water partition coefficient (Wildman–Crippen LogP) is 2.99. The second-order valence-corrected chi connectivity index (χ2v) is 10.9. The van der Waals surface area contributed by atoms with E-state index in [0.717, 1.165) is 5.69 Å². The van der Waals surface area contributed by atoms with Crippen molar-refractivity contribution in [3.05, 3.63) is 29.3 Å². The van der Waals surface area contributed by atoms with Crippen molar-refractivity contribution in [2.45, 2.75) is 32.1 Å². The molecule has 0 aromatic heterocycles. The largest absolute Gasteiger partial charge is 0.316 e. The Morgan fingerprint density at radius 3 is 2.67 bits per heavy atom. The number of carbonyl (C=O) groups excluding carboxylic acids is 1. The summed E-state index contributed by atoms with van der Waals surface area (Å²) in [6, 6.07) is 6.98. The molecule has 0 saturated carbocycles. The number of sulfone groups is 1. The number of amides is 1. The number of halogens is 1. The molecule has 1 amide bonds. The normalized spacial score (nSPS) is 27.5. The fraction of sp³-hybridized carbons (Fsp3) is 0.500. The quantitative estimate of drug-likeness (QED) is 0.742. The molecule has 24 heavy (non-hydrogen) atoms. The Bertz CT molecular complexity index is 815. The van der Waals surface area contributed by atoms with E-state index >= 15 is 0 Å². The van der Waals surface area contributed by atoms with Gasteiger partial charge in [0.05, 0.1) is 17.5 Å². The molecule has 1 aromatic carbocycles. The van der Waals surface area contributed by atoms with Gasteiger partial charge in [-0.15, -0.1) is 0 Å². The van der Waals surface area contributed by atoms with Gasteiger partial charge in [-0.05, 0) is 18.2 Å². The number of rotatable bonds is 1. The lowest BCUT2D eigenvalue weighted by Crippen LogP contribution is -2.38. The second kappa shape index (κ2) is 6.04. The van der Waals surface area contributed by atoms with Crippen molar-refractivity contribution in [2.75, 3.05) is 16.4 Å². The maximum absolute atomic E-state index is 12.3. The van der Waals surface area contributed by atoms with Crippen LogP contribution in [0.1, 0.15) is 20.8 Å². The molecule has 2 aliphatic heterocycles. The molecule has 2 atom stereocenters. The van der Waals surface area contributed by atoms with Gasteiger partial charge in [-0.3, -0.25) is 4.79 Å². The first-order chi connectivity index (χ1) is 11.1. The SMILES string of the molecule is CC(C)(C)C(=O)N=C1S[C@H]2CS(=O)(=O)C[C@H]2N1c1cccc(Cl)c1. The van der Waals surface area contributed by atoms with Crippen LogP contribution in [0.5, 0.6) is 0 Å². The highest BCUT2D eigenvalue weighted by Gasteiger charge is 2.49. The summed E-state index contributed by atoms with van der Waals surface area (Å²) in [4.78, 5) is 18.5. The van der Waals surface area contributed by atoms with Gasteiger partial charge in [-0.1, -0.05) is 50.2 Å². The highest BCUT2D eigenvalue weighted by molar-refractivity contribution is 8.16. The molecule has 2 heterocycles. The molecule has 5 nitrogen and oxygen atoms in total. The minimum absolute atomic E-state index is 0.0694. The number of aliphatic imine (C=N–C) groups is 1. The number of amidine groups is 1. The number of anilines is 1. The molecule has 0 radical (unpaired) electrons. The maximum Gasteiger partial charge on any atom is 0.253 e. The van der Waals surface area contributed by atoms with Crippen LogP contribution in [-0.4, -0.2) is 42.3 Å². The summed E-state index contributed by atoms with van der Waals surface area (Å²) in [7, 11) is -3.07. The highest BCUT2D eigenvalue weighted by Crippen LogP contribution is 2.41. The molecule has 1 aromatic rings. The summed E-state index contributed by atoms with van der Waals surface area (Å²) in [5.41, 5.74) is 0.178. The van der Waals surface area contributed by atoms with Crippen LogP contribution in [0.2, 0.25) is 5.02 Å². The Kier molecular flexibility index (Phi) is 4.47. The average Bonchev–Trinajstić information content (AvgIpc) is 2.88. The maximum atomic E-state index is 12.3. The fourth-order valence-electron chi connectivity index (χ4n) is 2.75. The van der Waals surface area contributed by atoms with Gasteiger partial charge in [0.1, 0.15) is 0 Å². The monoisotopic (exact) mass is 386 g/mol. The third-order valence-corrected chi connectivity index (χ3v) is 7.44. The van der Waals surface area contributed by atoms with E-state index in [4.69, 9.17) is 11.6 Å². The number of fused-ring (bicyclic) bond motifs is 1. The topological polar surface area (TPSA) is 66.8 Å². The Morgan fingerprint density at radius 2 is 2.04 bits per heavy atom. The summed E-state index contributed by atoms with van der Waals surface area (Å²) >= 11 is 7.46. The van der Waals surface area contributed by atoms with Gasteiger partial charge >= 0.3 is 0 Å². The molecule has 3 rings (SSSR count). The molecular formula is C16H19ClN2O3S2. The Hall–Kier alpha value is -1.05. The summed E-state index contributed by atoms with van der Waals surface area (Å²) in [6.07, 6.45) is 0. The van der Waals surface area contributed by atoms with E-state index in [9.17, 15) is 13.2 Å². The van der Waals surface area contributed by atoms with E-state index in [-0.39, 0.29) is 28.7 Å². The van der Waals surface area contributed by atoms with Crippen molar-refractivity contribution < 1.29 is 13.2 Å². The van der Waals surface area contributed by atoms with Crippen molar-refractivity contribution in [1.29, 1.82) is 0 Å². The number of carbonyl (C=O) groups is 1. The van der Waals surface area contributed by atoms with Crippen molar-refractivity contribution in [2.24, 2.45) is 10.4 Å². The van der Waals surface area contributed by atoms with Crippen molar-refractivity contribution in [1.82, 2.24) is 0 Å². The van der Waals surface area contributed by atoms with Crippen molar-refractivity contribution >= 4 is 50.0 Å². The molecule has 0 aliphatic carbocycles. The zero-order chi connectivity index (χ0) is 17.7. The lowest BCUT2D eigenvalue weighted by atomic mass is 9.96. The number of thioether (sulfide) groups is 1. The first kappa shape index (κ1) is 17.8. The molecule has 2 fully saturated rings. The minimum atomic E-state index is -3.07. The van der Waals surface area contributed by atoms with E-state index in [1.165, 1.54) is 11.8 Å². The second-order valence-electron chi connectivity index (χ2n) is 7.10. The molecule has 0 spiro atoms. The summed E-state index contributed by atoms with van der Waals surface area (Å²) in [5.74, 6) is -0.0398. The Balaban J connectivity index is 2.03. The van der Waals surface area contributed by atoms with Gasteiger partial charge in [0.15, 0.2) is 15.0 Å². The predicted molar refractivity (Wildman–Crippen MR) is 99.6 cm³/mol. The van der Waals surface area contributed by atoms with Crippen LogP contribution in [0.25, 0.3) is 0 Å². The molecule has 0 bridgehead atoms. The number of hydrogen-bond donors (Lipinski definition) is 0. The van der Waals surface area contributed by atoms with Gasteiger partial charge in [0, 0.05) is 21.4 Å². The Labute approximate surface area is 151 Å². The fourth-order valence-corrected chi connectivity index (χ4v) is 6.84. The van der Waals surface area contributed by atoms with Gasteiger partial charge in [-0.25, -0.2) is 8.42 Å². The van der Waals surface area contributed by atoms with Gasteiger partial charge in [0.25, 0.3) is 5.91 Å². The minimum Gasteiger partial charge on any atom is -0.316 e. The molecule has 2 saturated heterocycles.